The molecule has 0 amide bonds. The highest BCUT2D eigenvalue weighted by Gasteiger charge is 2.45. The Bertz CT molecular complexity index is 352. The van der Waals surface area contributed by atoms with Gasteiger partial charge in [0, 0.05) is 12.1 Å². The van der Waals surface area contributed by atoms with E-state index in [0.29, 0.717) is 6.42 Å². The molecule has 1 unspecified atom stereocenters. The van der Waals surface area contributed by atoms with Crippen molar-refractivity contribution < 1.29 is 9.90 Å². The molecular formula is C12H19N3O2. The summed E-state index contributed by atoms with van der Waals surface area (Å²) in [4.78, 5) is 11.3. The molecule has 0 aromatic carbocycles. The molecule has 2 fully saturated rings. The van der Waals surface area contributed by atoms with Gasteiger partial charge in [0.2, 0.25) is 0 Å². The van der Waals surface area contributed by atoms with E-state index in [9.17, 15) is 9.90 Å². The Hall–Kier alpha value is -1.12. The van der Waals surface area contributed by atoms with Gasteiger partial charge in [-0.15, -0.1) is 0 Å². The summed E-state index contributed by atoms with van der Waals surface area (Å²) in [5.74, 6) is -0.773. The van der Waals surface area contributed by atoms with Crippen molar-refractivity contribution in [1.82, 2.24) is 10.0 Å². The molecular weight excluding hydrogens is 218 g/mol. The fraction of sp³-hybridized carbons (Fsp3) is 0.833. The molecule has 2 heterocycles. The van der Waals surface area contributed by atoms with Crippen LogP contribution in [0.25, 0.3) is 0 Å². The predicted octanol–water partition coefficient (Wildman–Crippen LogP) is 1.22. The smallest absolute Gasteiger partial charge is 0.322 e. The van der Waals surface area contributed by atoms with Crippen LogP contribution >= 0.6 is 0 Å². The van der Waals surface area contributed by atoms with E-state index in [1.165, 1.54) is 0 Å². The lowest BCUT2D eigenvalue weighted by molar-refractivity contribution is -0.155. The fourth-order valence-corrected chi connectivity index (χ4v) is 3.08. The SMILES string of the molecule is C[C@H]1CCC(C#N)N1N1[C@@H](C)CC[C@H]1C(=O)O. The highest BCUT2D eigenvalue weighted by molar-refractivity contribution is 5.73. The predicted molar refractivity (Wildman–Crippen MR) is 61.9 cm³/mol. The molecule has 5 heteroatoms. The second kappa shape index (κ2) is 4.63. The van der Waals surface area contributed by atoms with Gasteiger partial charge in [0.1, 0.15) is 12.1 Å². The van der Waals surface area contributed by atoms with Crippen LogP contribution < -0.4 is 0 Å². The van der Waals surface area contributed by atoms with Crippen molar-refractivity contribution in [3.8, 4) is 6.07 Å². The zero-order valence-electron chi connectivity index (χ0n) is 10.3. The first kappa shape index (κ1) is 12.3. The number of carboxylic acid groups (broad SMARTS) is 1. The van der Waals surface area contributed by atoms with E-state index in [1.807, 2.05) is 16.9 Å². The number of nitriles is 1. The average Bonchev–Trinajstić information content (AvgIpc) is 2.81. The molecule has 0 spiro atoms. The standard InChI is InChI=1S/C12H19N3O2/c1-8-3-5-10(7-13)14(8)15-9(2)4-6-11(15)12(16)17/h8-11H,3-6H2,1-2H3,(H,16,17)/t8-,9-,10?,11-/m0/s1. The van der Waals surface area contributed by atoms with Crippen LogP contribution in [0.2, 0.25) is 0 Å². The molecule has 2 saturated heterocycles. The monoisotopic (exact) mass is 237 g/mol. The molecule has 0 saturated carbocycles. The summed E-state index contributed by atoms with van der Waals surface area (Å²) in [6, 6.07) is 2.16. The van der Waals surface area contributed by atoms with Crippen molar-refractivity contribution in [2.24, 2.45) is 0 Å². The Labute approximate surface area is 102 Å². The molecule has 0 radical (unpaired) electrons. The number of hydrogen-bond acceptors (Lipinski definition) is 4. The van der Waals surface area contributed by atoms with Gasteiger partial charge < -0.3 is 5.11 Å². The van der Waals surface area contributed by atoms with Gasteiger partial charge in [0.15, 0.2) is 0 Å². The van der Waals surface area contributed by atoms with E-state index in [1.54, 1.807) is 0 Å². The number of aliphatic carboxylic acids is 1. The molecule has 0 aliphatic carbocycles. The Morgan fingerprint density at radius 3 is 2.35 bits per heavy atom. The Morgan fingerprint density at radius 1 is 1.18 bits per heavy atom. The lowest BCUT2D eigenvalue weighted by atomic mass is 10.2. The molecule has 17 heavy (non-hydrogen) atoms. The van der Waals surface area contributed by atoms with Crippen molar-refractivity contribution in [3.05, 3.63) is 0 Å². The molecule has 0 bridgehead atoms. The second-order valence-corrected chi connectivity index (χ2v) is 5.11. The summed E-state index contributed by atoms with van der Waals surface area (Å²) in [5.41, 5.74) is 0. The largest absolute Gasteiger partial charge is 0.480 e. The third-order valence-electron chi connectivity index (χ3n) is 3.96. The summed E-state index contributed by atoms with van der Waals surface area (Å²) >= 11 is 0. The fourth-order valence-electron chi connectivity index (χ4n) is 3.08. The lowest BCUT2D eigenvalue weighted by Crippen LogP contribution is -2.55. The molecule has 5 nitrogen and oxygen atoms in total. The minimum Gasteiger partial charge on any atom is -0.480 e. The molecule has 94 valence electrons. The number of carboxylic acids is 1. The summed E-state index contributed by atoms with van der Waals surface area (Å²) in [5, 5.41) is 22.4. The topological polar surface area (TPSA) is 67.6 Å². The van der Waals surface area contributed by atoms with Crippen LogP contribution in [-0.2, 0) is 4.79 Å². The first-order valence-corrected chi connectivity index (χ1v) is 6.25. The van der Waals surface area contributed by atoms with E-state index in [-0.39, 0.29) is 18.1 Å². The van der Waals surface area contributed by atoms with E-state index >= 15 is 0 Å². The molecule has 2 rings (SSSR count). The molecule has 4 atom stereocenters. The molecule has 0 aromatic rings. The number of hydrogen-bond donors (Lipinski definition) is 1. The highest BCUT2D eigenvalue weighted by Crippen LogP contribution is 2.34. The van der Waals surface area contributed by atoms with E-state index in [4.69, 9.17) is 5.26 Å². The van der Waals surface area contributed by atoms with Gasteiger partial charge in [0.25, 0.3) is 0 Å². The van der Waals surface area contributed by atoms with Gasteiger partial charge in [0.05, 0.1) is 6.07 Å². The van der Waals surface area contributed by atoms with Gasteiger partial charge in [-0.25, -0.2) is 10.0 Å². The zero-order valence-corrected chi connectivity index (χ0v) is 10.3. The third-order valence-corrected chi connectivity index (χ3v) is 3.96. The third kappa shape index (κ3) is 2.03. The maximum atomic E-state index is 11.3. The van der Waals surface area contributed by atoms with E-state index in [0.717, 1.165) is 19.3 Å². The van der Waals surface area contributed by atoms with Crippen LogP contribution in [0.1, 0.15) is 39.5 Å². The maximum Gasteiger partial charge on any atom is 0.322 e. The van der Waals surface area contributed by atoms with Crippen LogP contribution in [0.4, 0.5) is 0 Å². The first-order chi connectivity index (χ1) is 8.06. The van der Waals surface area contributed by atoms with Gasteiger partial charge in [-0.2, -0.15) is 5.26 Å². The minimum atomic E-state index is -0.773. The molecule has 2 aliphatic rings. The van der Waals surface area contributed by atoms with E-state index < -0.39 is 12.0 Å². The maximum absolute atomic E-state index is 11.3. The number of carbonyl (C=O) groups is 1. The summed E-state index contributed by atoms with van der Waals surface area (Å²) in [6.45, 7) is 4.11. The quantitative estimate of drug-likeness (QED) is 0.782. The van der Waals surface area contributed by atoms with Crippen molar-refractivity contribution in [2.45, 2.75) is 63.7 Å². The average molecular weight is 237 g/mol. The zero-order chi connectivity index (χ0) is 12.6. The van der Waals surface area contributed by atoms with Crippen LogP contribution in [0, 0.1) is 11.3 Å². The van der Waals surface area contributed by atoms with Gasteiger partial charge in [-0.1, -0.05) is 0 Å². The van der Waals surface area contributed by atoms with Crippen molar-refractivity contribution in [2.75, 3.05) is 0 Å². The summed E-state index contributed by atoms with van der Waals surface area (Å²) in [6.07, 6.45) is 3.37. The molecule has 1 N–H and O–H groups in total. The summed E-state index contributed by atoms with van der Waals surface area (Å²) < 4.78 is 0. The Kier molecular flexibility index (Phi) is 3.36. The first-order valence-electron chi connectivity index (χ1n) is 6.25. The van der Waals surface area contributed by atoms with Gasteiger partial charge in [-0.05, 0) is 39.5 Å². The summed E-state index contributed by atoms with van der Waals surface area (Å²) in [7, 11) is 0. The number of rotatable bonds is 2. The molecule has 2 aliphatic heterocycles. The number of hydrazine groups is 1. The van der Waals surface area contributed by atoms with Crippen LogP contribution in [0.3, 0.4) is 0 Å². The van der Waals surface area contributed by atoms with Gasteiger partial charge >= 0.3 is 5.97 Å². The van der Waals surface area contributed by atoms with Crippen molar-refractivity contribution >= 4 is 5.97 Å². The van der Waals surface area contributed by atoms with Crippen molar-refractivity contribution in [3.63, 3.8) is 0 Å². The minimum absolute atomic E-state index is 0.160. The van der Waals surface area contributed by atoms with Crippen LogP contribution in [0.15, 0.2) is 0 Å². The second-order valence-electron chi connectivity index (χ2n) is 5.11. The van der Waals surface area contributed by atoms with E-state index in [2.05, 4.69) is 13.0 Å². The Balaban J connectivity index is 2.24. The highest BCUT2D eigenvalue weighted by atomic mass is 16.4. The normalized spacial score (nSPS) is 39.4. The lowest BCUT2D eigenvalue weighted by Gasteiger charge is -2.39. The van der Waals surface area contributed by atoms with Crippen molar-refractivity contribution in [1.29, 1.82) is 5.26 Å². The van der Waals surface area contributed by atoms with Crippen LogP contribution in [-0.4, -0.2) is 45.3 Å². The molecule has 0 aromatic heterocycles. The number of nitrogens with zero attached hydrogens (tertiary/aromatic N) is 3. The van der Waals surface area contributed by atoms with Gasteiger partial charge in [-0.3, -0.25) is 4.79 Å². The Morgan fingerprint density at radius 2 is 1.76 bits per heavy atom. The van der Waals surface area contributed by atoms with Crippen LogP contribution in [0.5, 0.6) is 0 Å².